The summed E-state index contributed by atoms with van der Waals surface area (Å²) in [4.78, 5) is 40.6. The van der Waals surface area contributed by atoms with Crippen molar-refractivity contribution in [1.29, 1.82) is 0 Å². The number of rotatable bonds is 5. The van der Waals surface area contributed by atoms with E-state index in [1.54, 1.807) is 17.7 Å². The van der Waals surface area contributed by atoms with Gasteiger partial charge in [0.05, 0.1) is 24.1 Å². The molecule has 1 amide bonds. The molecule has 9 heteroatoms. The van der Waals surface area contributed by atoms with Gasteiger partial charge in [-0.1, -0.05) is 18.2 Å². The Balaban J connectivity index is 1.61. The van der Waals surface area contributed by atoms with E-state index in [-0.39, 0.29) is 11.5 Å². The topological polar surface area (TPSA) is 95.2 Å². The molecule has 36 heavy (non-hydrogen) atoms. The highest BCUT2D eigenvalue weighted by Crippen LogP contribution is 2.39. The van der Waals surface area contributed by atoms with Crippen molar-refractivity contribution in [2.24, 2.45) is 0 Å². The van der Waals surface area contributed by atoms with Gasteiger partial charge in [-0.05, 0) is 69.7 Å². The van der Waals surface area contributed by atoms with Gasteiger partial charge in [-0.25, -0.2) is 9.48 Å². The molecule has 1 aromatic carbocycles. The van der Waals surface area contributed by atoms with Gasteiger partial charge >= 0.3 is 5.97 Å². The Hall–Kier alpha value is -3.72. The highest BCUT2D eigenvalue weighted by atomic mass is 32.1. The van der Waals surface area contributed by atoms with E-state index in [4.69, 9.17) is 9.84 Å². The average molecular weight is 505 g/mol. The van der Waals surface area contributed by atoms with Crippen LogP contribution in [0.15, 0.2) is 41.2 Å². The van der Waals surface area contributed by atoms with Gasteiger partial charge in [-0.3, -0.25) is 14.2 Å². The van der Waals surface area contributed by atoms with E-state index in [2.05, 4.69) is 5.32 Å². The molecular weight excluding hydrogens is 476 g/mol. The largest absolute Gasteiger partial charge is 0.465 e. The number of amides is 1. The molecule has 0 saturated carbocycles. The number of thiophene rings is 1. The number of aromatic nitrogens is 3. The number of methoxy groups -OCH3 is 1. The van der Waals surface area contributed by atoms with Crippen molar-refractivity contribution in [3.63, 3.8) is 0 Å². The molecule has 5 rings (SSSR count). The number of anilines is 1. The molecule has 3 heterocycles. The third-order valence-corrected chi connectivity index (χ3v) is 8.01. The maximum atomic E-state index is 13.6. The number of aryl methyl sites for hydroxylation is 3. The second-order valence-corrected chi connectivity index (χ2v) is 10.2. The van der Waals surface area contributed by atoms with Crippen LogP contribution in [0.1, 0.15) is 57.9 Å². The molecule has 8 nitrogen and oxygen atoms in total. The summed E-state index contributed by atoms with van der Waals surface area (Å²) in [6.07, 6.45) is 3.72. The fraction of sp³-hybridized carbons (Fsp3) is 0.333. The first-order valence-corrected chi connectivity index (χ1v) is 12.8. The average Bonchev–Trinajstić information content (AvgIpc) is 3.41. The molecule has 1 aliphatic carbocycles. The molecule has 1 atom stereocenters. The number of nitrogens with zero attached hydrogens (tertiary/aromatic N) is 3. The van der Waals surface area contributed by atoms with Crippen LogP contribution in [0, 0.1) is 13.8 Å². The minimum Gasteiger partial charge on any atom is -0.465 e. The molecule has 186 valence electrons. The number of carbonyl (C=O) groups is 2. The van der Waals surface area contributed by atoms with Gasteiger partial charge in [0, 0.05) is 16.3 Å². The van der Waals surface area contributed by atoms with Gasteiger partial charge in [-0.2, -0.15) is 5.10 Å². The van der Waals surface area contributed by atoms with Crippen molar-refractivity contribution in [2.45, 2.75) is 52.5 Å². The number of para-hydroxylation sites is 1. The first-order valence-electron chi connectivity index (χ1n) is 12.0. The van der Waals surface area contributed by atoms with Crippen LogP contribution < -0.4 is 10.9 Å². The number of benzene rings is 1. The van der Waals surface area contributed by atoms with Gasteiger partial charge < -0.3 is 10.1 Å². The molecule has 0 saturated heterocycles. The van der Waals surface area contributed by atoms with Crippen molar-refractivity contribution < 1.29 is 14.3 Å². The number of pyridine rings is 1. The van der Waals surface area contributed by atoms with Crippen LogP contribution in [0.2, 0.25) is 0 Å². The molecule has 0 aliphatic heterocycles. The summed E-state index contributed by atoms with van der Waals surface area (Å²) in [5, 5.41) is 8.96. The molecule has 1 aliphatic rings. The predicted octanol–water partition coefficient (Wildman–Crippen LogP) is 4.73. The van der Waals surface area contributed by atoms with Crippen molar-refractivity contribution in [3.05, 3.63) is 74.0 Å². The van der Waals surface area contributed by atoms with E-state index in [1.807, 2.05) is 44.2 Å². The quantitative estimate of drug-likeness (QED) is 0.397. The monoisotopic (exact) mass is 504 g/mol. The fourth-order valence-corrected chi connectivity index (χ4v) is 6.34. The third-order valence-electron chi connectivity index (χ3n) is 6.80. The maximum Gasteiger partial charge on any atom is 0.341 e. The summed E-state index contributed by atoms with van der Waals surface area (Å²) in [5.74, 6) is -0.838. The minimum atomic E-state index is -0.858. The summed E-state index contributed by atoms with van der Waals surface area (Å²) in [5.41, 5.74) is 4.03. The number of ether oxygens (including phenoxy) is 1. The number of hydrogen-bond donors (Lipinski definition) is 1. The highest BCUT2D eigenvalue weighted by molar-refractivity contribution is 7.17. The third kappa shape index (κ3) is 3.93. The number of carbonyl (C=O) groups excluding carboxylic acids is 2. The fourth-order valence-electron chi connectivity index (χ4n) is 5.06. The van der Waals surface area contributed by atoms with Gasteiger partial charge in [0.1, 0.15) is 16.7 Å². The van der Waals surface area contributed by atoms with E-state index in [9.17, 15) is 14.4 Å². The molecule has 0 spiro atoms. The second kappa shape index (κ2) is 9.39. The van der Waals surface area contributed by atoms with Crippen molar-refractivity contribution in [3.8, 4) is 5.69 Å². The number of nitrogens with one attached hydrogen (secondary N) is 1. The Bertz CT molecular complexity index is 1550. The van der Waals surface area contributed by atoms with Crippen LogP contribution in [0.3, 0.4) is 0 Å². The zero-order valence-electron chi connectivity index (χ0n) is 20.8. The molecule has 1 N–H and O–H groups in total. The second-order valence-electron chi connectivity index (χ2n) is 9.14. The first-order chi connectivity index (χ1) is 17.3. The highest BCUT2D eigenvalue weighted by Gasteiger charge is 2.29. The lowest BCUT2D eigenvalue weighted by Crippen LogP contribution is -2.32. The summed E-state index contributed by atoms with van der Waals surface area (Å²) in [6.45, 7) is 5.46. The molecule has 1 unspecified atom stereocenters. The Kier molecular flexibility index (Phi) is 6.26. The van der Waals surface area contributed by atoms with Crippen molar-refractivity contribution >= 4 is 39.2 Å². The number of esters is 1. The van der Waals surface area contributed by atoms with Gasteiger partial charge in [0.25, 0.3) is 5.56 Å². The van der Waals surface area contributed by atoms with Crippen LogP contribution in [0.25, 0.3) is 16.7 Å². The molecule has 0 radical (unpaired) electrons. The van der Waals surface area contributed by atoms with Crippen LogP contribution >= 0.6 is 11.3 Å². The van der Waals surface area contributed by atoms with Crippen LogP contribution in [-0.4, -0.2) is 33.3 Å². The molecular formula is C27H28N4O4S. The van der Waals surface area contributed by atoms with Crippen LogP contribution in [0.5, 0.6) is 0 Å². The standard InChI is InChI=1S/C27H28N4O4S/c1-15-14-21(32)30(26-22(15)16(2)29-31(26)18-10-6-5-7-11-18)17(3)24(33)28-25-23(27(34)35-4)19-12-8-9-13-20(19)36-25/h5-7,10-11,14,17H,8-9,12-13H2,1-4H3,(H,28,33). The van der Waals surface area contributed by atoms with E-state index in [0.717, 1.165) is 58.5 Å². The van der Waals surface area contributed by atoms with Gasteiger partial charge in [-0.15, -0.1) is 11.3 Å². The van der Waals surface area contributed by atoms with E-state index in [0.29, 0.717) is 16.2 Å². The summed E-state index contributed by atoms with van der Waals surface area (Å²) < 4.78 is 8.23. The lowest BCUT2D eigenvalue weighted by molar-refractivity contribution is -0.118. The SMILES string of the molecule is COC(=O)c1c(NC(=O)C(C)n2c(=O)cc(C)c3c(C)nn(-c4ccccc4)c32)sc2c1CCCC2. The van der Waals surface area contributed by atoms with Gasteiger partial charge in [0.15, 0.2) is 0 Å². The van der Waals surface area contributed by atoms with Crippen LogP contribution in [0.4, 0.5) is 5.00 Å². The summed E-state index contributed by atoms with van der Waals surface area (Å²) in [6, 6.07) is 10.2. The summed E-state index contributed by atoms with van der Waals surface area (Å²) in [7, 11) is 1.35. The summed E-state index contributed by atoms with van der Waals surface area (Å²) >= 11 is 1.42. The van der Waals surface area contributed by atoms with Crippen molar-refractivity contribution in [2.75, 3.05) is 12.4 Å². The molecule has 3 aromatic heterocycles. The molecule has 0 fully saturated rings. The van der Waals surface area contributed by atoms with E-state index >= 15 is 0 Å². The molecule has 0 bridgehead atoms. The maximum absolute atomic E-state index is 13.6. The normalized spacial score (nSPS) is 13.9. The Morgan fingerprint density at radius 2 is 1.86 bits per heavy atom. The Labute approximate surface area is 212 Å². The predicted molar refractivity (Wildman–Crippen MR) is 140 cm³/mol. The van der Waals surface area contributed by atoms with Crippen molar-refractivity contribution in [1.82, 2.24) is 14.3 Å². The zero-order chi connectivity index (χ0) is 25.6. The Morgan fingerprint density at radius 3 is 2.58 bits per heavy atom. The van der Waals surface area contributed by atoms with Crippen LogP contribution in [-0.2, 0) is 22.4 Å². The lowest BCUT2D eigenvalue weighted by Gasteiger charge is -2.18. The number of hydrogen-bond acceptors (Lipinski definition) is 6. The van der Waals surface area contributed by atoms with E-state index < -0.39 is 12.0 Å². The number of fused-ring (bicyclic) bond motifs is 2. The smallest absolute Gasteiger partial charge is 0.341 e. The lowest BCUT2D eigenvalue weighted by atomic mass is 9.95. The van der Waals surface area contributed by atoms with E-state index in [1.165, 1.54) is 23.0 Å². The molecule has 4 aromatic rings. The Morgan fingerprint density at radius 1 is 1.14 bits per heavy atom. The minimum absolute atomic E-state index is 0.293. The zero-order valence-corrected chi connectivity index (χ0v) is 21.6. The van der Waals surface area contributed by atoms with Gasteiger partial charge in [0.2, 0.25) is 5.91 Å². The first kappa shape index (κ1) is 24.0.